The molecule has 1 aromatic rings. The third kappa shape index (κ3) is 5.92. The largest absolute Gasteiger partial charge is 0.490 e. The van der Waals surface area contributed by atoms with E-state index >= 15 is 0 Å². The number of carbonyl (C=O) groups excluding carboxylic acids is 1. The van der Waals surface area contributed by atoms with Gasteiger partial charge >= 0.3 is 0 Å². The minimum Gasteiger partial charge on any atom is -0.490 e. The topological polar surface area (TPSA) is 71.5 Å². The number of rotatable bonds is 6. The van der Waals surface area contributed by atoms with Crippen molar-refractivity contribution in [3.05, 3.63) is 29.3 Å². The summed E-state index contributed by atoms with van der Waals surface area (Å²) in [5.74, 6) is 0.629. The van der Waals surface area contributed by atoms with E-state index in [4.69, 9.17) is 14.2 Å². The van der Waals surface area contributed by atoms with Gasteiger partial charge < -0.3 is 24.2 Å². The Morgan fingerprint density at radius 2 is 1.97 bits per heavy atom. The first-order chi connectivity index (χ1) is 13.9. The Morgan fingerprint density at radius 1 is 1.21 bits per heavy atom. The van der Waals surface area contributed by atoms with E-state index < -0.39 is 5.60 Å². The lowest BCUT2D eigenvalue weighted by atomic mass is 10.0. The smallest absolute Gasteiger partial charge is 0.248 e. The molecule has 2 heterocycles. The van der Waals surface area contributed by atoms with Crippen LogP contribution in [0.15, 0.2) is 18.2 Å². The second-order valence-electron chi connectivity index (χ2n) is 8.32. The van der Waals surface area contributed by atoms with Crippen molar-refractivity contribution in [2.24, 2.45) is 0 Å². The molecule has 1 N–H and O–H groups in total. The highest BCUT2D eigenvalue weighted by molar-refractivity contribution is 5.77. The number of β-amino-alcohol motifs (C(OH)–C–C–N with tert-alkyl or cyclic N) is 1. The first-order valence-electron chi connectivity index (χ1n) is 10.4. The summed E-state index contributed by atoms with van der Waals surface area (Å²) in [6, 6.07) is 6.28. The van der Waals surface area contributed by atoms with Gasteiger partial charge in [0, 0.05) is 46.0 Å². The number of hydrogen-bond acceptors (Lipinski definition) is 6. The van der Waals surface area contributed by atoms with Crippen LogP contribution >= 0.6 is 0 Å². The van der Waals surface area contributed by atoms with Crippen molar-refractivity contribution < 1.29 is 24.1 Å². The van der Waals surface area contributed by atoms with Gasteiger partial charge in [0.2, 0.25) is 5.91 Å². The van der Waals surface area contributed by atoms with Crippen molar-refractivity contribution in [3.63, 3.8) is 0 Å². The van der Waals surface area contributed by atoms with Gasteiger partial charge in [0.05, 0.1) is 6.54 Å². The first kappa shape index (κ1) is 22.0. The van der Waals surface area contributed by atoms with Crippen LogP contribution in [-0.2, 0) is 14.3 Å². The van der Waals surface area contributed by atoms with Gasteiger partial charge in [0.1, 0.15) is 24.6 Å². The standard InChI is InChI=1S/C22H34N2O5/c1-17-4-5-20(12-18(17)2)29-16-22(26)14-23(19-6-10-28-11-7-19)8-9-24(15-22)21(25)13-27-3/h4-5,12,19,26H,6-11,13-16H2,1-3H3/t22-/m0/s1. The number of nitrogens with zero attached hydrogens (tertiary/aromatic N) is 2. The molecule has 1 aromatic carbocycles. The minimum absolute atomic E-state index is 0.0192. The summed E-state index contributed by atoms with van der Waals surface area (Å²) in [7, 11) is 1.51. The zero-order chi connectivity index (χ0) is 20.9. The van der Waals surface area contributed by atoms with Gasteiger partial charge in [0.25, 0.3) is 0 Å². The molecule has 1 amide bonds. The predicted octanol–water partition coefficient (Wildman–Crippen LogP) is 1.38. The third-order valence-electron chi connectivity index (χ3n) is 5.95. The van der Waals surface area contributed by atoms with Crippen LogP contribution < -0.4 is 4.74 Å². The predicted molar refractivity (Wildman–Crippen MR) is 110 cm³/mol. The van der Waals surface area contributed by atoms with Crippen LogP contribution in [0.1, 0.15) is 24.0 Å². The number of hydrogen-bond donors (Lipinski definition) is 1. The van der Waals surface area contributed by atoms with E-state index in [1.54, 1.807) is 4.90 Å². The van der Waals surface area contributed by atoms with Crippen molar-refractivity contribution in [3.8, 4) is 5.75 Å². The Labute approximate surface area is 173 Å². The minimum atomic E-state index is -1.16. The Balaban J connectivity index is 1.74. The van der Waals surface area contributed by atoms with Crippen molar-refractivity contribution in [1.82, 2.24) is 9.80 Å². The normalized spacial score (nSPS) is 24.3. The van der Waals surface area contributed by atoms with Gasteiger partial charge in [-0.2, -0.15) is 0 Å². The Morgan fingerprint density at radius 3 is 2.66 bits per heavy atom. The van der Waals surface area contributed by atoms with Crippen LogP contribution in [0.4, 0.5) is 0 Å². The van der Waals surface area contributed by atoms with E-state index in [2.05, 4.69) is 11.8 Å². The maximum Gasteiger partial charge on any atom is 0.248 e. The highest BCUT2D eigenvalue weighted by Gasteiger charge is 2.39. The number of methoxy groups -OCH3 is 1. The molecule has 7 nitrogen and oxygen atoms in total. The van der Waals surface area contributed by atoms with Crippen LogP contribution in [0.3, 0.4) is 0 Å². The van der Waals surface area contributed by atoms with E-state index in [-0.39, 0.29) is 25.7 Å². The fourth-order valence-electron chi connectivity index (χ4n) is 4.09. The molecule has 2 aliphatic heterocycles. The average Bonchev–Trinajstić information content (AvgIpc) is 2.89. The van der Waals surface area contributed by atoms with Gasteiger partial charge in [-0.15, -0.1) is 0 Å². The summed E-state index contributed by atoms with van der Waals surface area (Å²) >= 11 is 0. The summed E-state index contributed by atoms with van der Waals surface area (Å²) in [5, 5.41) is 11.5. The average molecular weight is 407 g/mol. The zero-order valence-corrected chi connectivity index (χ0v) is 17.9. The molecule has 0 bridgehead atoms. The van der Waals surface area contributed by atoms with Gasteiger partial charge in [0.15, 0.2) is 0 Å². The molecule has 0 saturated carbocycles. The Kier molecular flexibility index (Phi) is 7.51. The summed E-state index contributed by atoms with van der Waals surface area (Å²) in [6.45, 7) is 7.74. The lowest BCUT2D eigenvalue weighted by Crippen LogP contribution is -2.54. The number of aliphatic hydroxyl groups is 1. The second kappa shape index (κ2) is 9.89. The number of amides is 1. The number of ether oxygens (including phenoxy) is 3. The fourth-order valence-corrected chi connectivity index (χ4v) is 4.09. The molecule has 0 aromatic heterocycles. The molecule has 0 radical (unpaired) electrons. The third-order valence-corrected chi connectivity index (χ3v) is 5.95. The number of carbonyl (C=O) groups is 1. The zero-order valence-electron chi connectivity index (χ0n) is 17.9. The molecule has 2 aliphatic rings. The van der Waals surface area contributed by atoms with Crippen LogP contribution in [0.5, 0.6) is 5.75 Å². The molecule has 162 valence electrons. The summed E-state index contributed by atoms with van der Waals surface area (Å²) in [4.78, 5) is 16.5. The van der Waals surface area contributed by atoms with Crippen LogP contribution in [0.25, 0.3) is 0 Å². The molecular weight excluding hydrogens is 372 g/mol. The SMILES string of the molecule is COCC(=O)N1CCN(C2CCOCC2)C[C@@](O)(COc2ccc(C)c(C)c2)C1. The van der Waals surface area contributed by atoms with Crippen LogP contribution in [0, 0.1) is 13.8 Å². The summed E-state index contributed by atoms with van der Waals surface area (Å²) < 4.78 is 16.5. The van der Waals surface area contributed by atoms with E-state index in [0.717, 1.165) is 43.9 Å². The second-order valence-corrected chi connectivity index (χ2v) is 8.32. The maximum atomic E-state index is 12.5. The number of aryl methyl sites for hydroxylation is 2. The molecule has 0 spiro atoms. The monoisotopic (exact) mass is 406 g/mol. The van der Waals surface area contributed by atoms with Gasteiger partial charge in [-0.3, -0.25) is 9.69 Å². The van der Waals surface area contributed by atoms with E-state index in [0.29, 0.717) is 19.1 Å². The molecule has 2 fully saturated rings. The lowest BCUT2D eigenvalue weighted by molar-refractivity contribution is -0.138. The fraction of sp³-hybridized carbons (Fsp3) is 0.682. The summed E-state index contributed by atoms with van der Waals surface area (Å²) in [5.41, 5.74) is 1.19. The van der Waals surface area contributed by atoms with Gasteiger partial charge in [-0.1, -0.05) is 6.07 Å². The summed E-state index contributed by atoms with van der Waals surface area (Å²) in [6.07, 6.45) is 1.89. The maximum absolute atomic E-state index is 12.5. The Hall–Kier alpha value is -1.67. The van der Waals surface area contributed by atoms with Crippen LogP contribution in [0.2, 0.25) is 0 Å². The molecule has 0 unspecified atom stereocenters. The van der Waals surface area contributed by atoms with Gasteiger partial charge in [-0.05, 0) is 49.9 Å². The van der Waals surface area contributed by atoms with Crippen LogP contribution in [-0.4, -0.2) is 92.2 Å². The van der Waals surface area contributed by atoms with Crippen molar-refractivity contribution in [2.45, 2.75) is 38.3 Å². The van der Waals surface area contributed by atoms with Crippen molar-refractivity contribution in [2.75, 3.05) is 59.7 Å². The molecule has 0 aliphatic carbocycles. The highest BCUT2D eigenvalue weighted by atomic mass is 16.5. The number of benzene rings is 1. The van der Waals surface area contributed by atoms with E-state index in [9.17, 15) is 9.90 Å². The molecule has 29 heavy (non-hydrogen) atoms. The Bertz CT molecular complexity index is 692. The quantitative estimate of drug-likeness (QED) is 0.770. The van der Waals surface area contributed by atoms with Crippen molar-refractivity contribution in [1.29, 1.82) is 0 Å². The first-order valence-corrected chi connectivity index (χ1v) is 10.4. The van der Waals surface area contributed by atoms with Gasteiger partial charge in [-0.25, -0.2) is 0 Å². The molecule has 3 rings (SSSR count). The molecule has 1 atom stereocenters. The highest BCUT2D eigenvalue weighted by Crippen LogP contribution is 2.24. The molecular formula is C22H34N2O5. The van der Waals surface area contributed by atoms with E-state index in [1.165, 1.54) is 12.7 Å². The molecule has 2 saturated heterocycles. The molecule has 7 heteroatoms. The van der Waals surface area contributed by atoms with Crippen molar-refractivity contribution >= 4 is 5.91 Å². The lowest BCUT2D eigenvalue weighted by Gasteiger charge is -2.37. The van der Waals surface area contributed by atoms with E-state index in [1.807, 2.05) is 25.1 Å².